The van der Waals surface area contributed by atoms with Gasteiger partial charge in [0, 0.05) is 6.54 Å². The van der Waals surface area contributed by atoms with Crippen molar-refractivity contribution < 1.29 is 14.7 Å². The van der Waals surface area contributed by atoms with Crippen LogP contribution in [0.3, 0.4) is 0 Å². The molecule has 0 aliphatic carbocycles. The van der Waals surface area contributed by atoms with E-state index in [1.54, 1.807) is 13.8 Å². The first-order valence-electron chi connectivity index (χ1n) is 5.15. The van der Waals surface area contributed by atoms with Crippen molar-refractivity contribution in [2.24, 2.45) is 11.1 Å². The van der Waals surface area contributed by atoms with Crippen LogP contribution in [0.25, 0.3) is 0 Å². The molecule has 0 aromatic rings. The number of hydrogen-bond acceptors (Lipinski definition) is 3. The summed E-state index contributed by atoms with van der Waals surface area (Å²) in [6.45, 7) is 5.52. The largest absolute Gasteiger partial charge is 0.480 e. The molecule has 0 aromatic heterocycles. The Bertz CT molecular complexity index is 237. The van der Waals surface area contributed by atoms with Gasteiger partial charge in [-0.25, -0.2) is 4.79 Å². The fraction of sp³-hybridized carbons (Fsp3) is 0.800. The summed E-state index contributed by atoms with van der Waals surface area (Å²) in [7, 11) is 0. The Balaban J connectivity index is 4.52. The van der Waals surface area contributed by atoms with Gasteiger partial charge in [0.2, 0.25) is 5.91 Å². The van der Waals surface area contributed by atoms with Gasteiger partial charge < -0.3 is 16.2 Å². The number of rotatable bonds is 6. The van der Waals surface area contributed by atoms with Crippen LogP contribution in [0.4, 0.5) is 0 Å². The number of carbonyl (C=O) groups is 2. The molecule has 1 unspecified atom stereocenters. The average molecular weight is 216 g/mol. The predicted octanol–water partition coefficient (Wildman–Crippen LogP) is 0.341. The summed E-state index contributed by atoms with van der Waals surface area (Å²) in [5, 5.41) is 11.3. The van der Waals surface area contributed by atoms with Crippen LogP contribution >= 0.6 is 0 Å². The highest BCUT2D eigenvalue weighted by molar-refractivity contribution is 5.87. The van der Waals surface area contributed by atoms with E-state index in [-0.39, 0.29) is 12.5 Å². The Labute approximate surface area is 90.0 Å². The Hall–Kier alpha value is -1.10. The van der Waals surface area contributed by atoms with Crippen LogP contribution < -0.4 is 11.1 Å². The van der Waals surface area contributed by atoms with Crippen LogP contribution in [0.15, 0.2) is 0 Å². The van der Waals surface area contributed by atoms with Crippen LogP contribution in [-0.4, -0.2) is 29.6 Å². The molecule has 0 saturated carbocycles. The molecular formula is C10H20N2O3. The van der Waals surface area contributed by atoms with Crippen molar-refractivity contribution in [2.45, 2.75) is 39.7 Å². The topological polar surface area (TPSA) is 92.4 Å². The molecular weight excluding hydrogens is 196 g/mol. The lowest BCUT2D eigenvalue weighted by Crippen LogP contribution is -2.49. The zero-order chi connectivity index (χ0) is 12.1. The standard InChI is InChI=1S/C10H20N2O3/c1-4-7(8(13)14)12-9(15)10(3,5-2)6-11/h7H,4-6,11H2,1-3H3,(H,12,15)(H,13,14)/t7-,10?/m0/s1. The molecule has 0 aliphatic rings. The summed E-state index contributed by atoms with van der Waals surface area (Å²) in [6, 6.07) is -0.824. The van der Waals surface area contributed by atoms with E-state index in [1.165, 1.54) is 0 Å². The van der Waals surface area contributed by atoms with Gasteiger partial charge in [-0.2, -0.15) is 0 Å². The van der Waals surface area contributed by atoms with E-state index in [0.717, 1.165) is 0 Å². The highest BCUT2D eigenvalue weighted by Crippen LogP contribution is 2.19. The van der Waals surface area contributed by atoms with E-state index in [2.05, 4.69) is 5.32 Å². The van der Waals surface area contributed by atoms with E-state index in [9.17, 15) is 9.59 Å². The summed E-state index contributed by atoms with van der Waals surface area (Å²) >= 11 is 0. The molecule has 88 valence electrons. The second-order valence-corrected chi connectivity index (χ2v) is 3.89. The maximum Gasteiger partial charge on any atom is 0.326 e. The first kappa shape index (κ1) is 13.9. The van der Waals surface area contributed by atoms with Gasteiger partial charge in [0.05, 0.1) is 5.41 Å². The molecule has 0 aliphatic heterocycles. The molecule has 0 aromatic carbocycles. The van der Waals surface area contributed by atoms with Crippen molar-refractivity contribution in [3.63, 3.8) is 0 Å². The summed E-state index contributed by atoms with van der Waals surface area (Å²) in [5.41, 5.74) is 4.83. The number of nitrogens with two attached hydrogens (primary N) is 1. The molecule has 5 heteroatoms. The van der Waals surface area contributed by atoms with Crippen LogP contribution in [-0.2, 0) is 9.59 Å². The van der Waals surface area contributed by atoms with E-state index in [4.69, 9.17) is 10.8 Å². The van der Waals surface area contributed by atoms with Crippen LogP contribution in [0.5, 0.6) is 0 Å². The monoisotopic (exact) mass is 216 g/mol. The van der Waals surface area contributed by atoms with Gasteiger partial charge in [-0.15, -0.1) is 0 Å². The highest BCUT2D eigenvalue weighted by atomic mass is 16.4. The van der Waals surface area contributed by atoms with Crippen LogP contribution in [0.2, 0.25) is 0 Å². The lowest BCUT2D eigenvalue weighted by atomic mass is 9.86. The molecule has 0 rings (SSSR count). The SMILES string of the molecule is CC[C@H](NC(=O)C(C)(CC)CN)C(=O)O. The fourth-order valence-electron chi connectivity index (χ4n) is 1.07. The zero-order valence-electron chi connectivity index (χ0n) is 9.54. The zero-order valence-corrected chi connectivity index (χ0v) is 9.54. The van der Waals surface area contributed by atoms with Gasteiger partial charge in [-0.05, 0) is 19.8 Å². The van der Waals surface area contributed by atoms with E-state index < -0.39 is 17.4 Å². The smallest absolute Gasteiger partial charge is 0.326 e. The van der Waals surface area contributed by atoms with Crippen molar-refractivity contribution in [1.82, 2.24) is 5.32 Å². The second-order valence-electron chi connectivity index (χ2n) is 3.89. The van der Waals surface area contributed by atoms with Gasteiger partial charge in [0.1, 0.15) is 6.04 Å². The third-order valence-corrected chi connectivity index (χ3v) is 2.79. The Morgan fingerprint density at radius 3 is 2.27 bits per heavy atom. The molecule has 0 heterocycles. The van der Waals surface area contributed by atoms with Gasteiger partial charge >= 0.3 is 5.97 Å². The van der Waals surface area contributed by atoms with Crippen LogP contribution in [0, 0.1) is 5.41 Å². The van der Waals surface area contributed by atoms with Gasteiger partial charge in [-0.3, -0.25) is 4.79 Å². The first-order chi connectivity index (χ1) is 6.91. The predicted molar refractivity (Wildman–Crippen MR) is 57.3 cm³/mol. The maximum atomic E-state index is 11.7. The third-order valence-electron chi connectivity index (χ3n) is 2.79. The summed E-state index contributed by atoms with van der Waals surface area (Å²) < 4.78 is 0. The van der Waals surface area contributed by atoms with Crippen molar-refractivity contribution >= 4 is 11.9 Å². The van der Waals surface area contributed by atoms with Crippen molar-refractivity contribution in [3.05, 3.63) is 0 Å². The number of amides is 1. The Kier molecular flexibility index (Phi) is 5.28. The lowest BCUT2D eigenvalue weighted by molar-refractivity contribution is -0.143. The number of hydrogen-bond donors (Lipinski definition) is 3. The molecule has 0 saturated heterocycles. The van der Waals surface area contributed by atoms with Crippen molar-refractivity contribution in [2.75, 3.05) is 6.54 Å². The molecule has 5 nitrogen and oxygen atoms in total. The van der Waals surface area contributed by atoms with Crippen LogP contribution in [0.1, 0.15) is 33.6 Å². The fourth-order valence-corrected chi connectivity index (χ4v) is 1.07. The van der Waals surface area contributed by atoms with Crippen molar-refractivity contribution in [1.29, 1.82) is 0 Å². The highest BCUT2D eigenvalue weighted by Gasteiger charge is 2.32. The number of carboxylic acid groups (broad SMARTS) is 1. The minimum Gasteiger partial charge on any atom is -0.480 e. The number of aliphatic carboxylic acids is 1. The molecule has 4 N–H and O–H groups in total. The number of nitrogens with one attached hydrogen (secondary N) is 1. The number of carboxylic acids is 1. The lowest BCUT2D eigenvalue weighted by Gasteiger charge is -2.26. The maximum absolute atomic E-state index is 11.7. The number of carbonyl (C=O) groups excluding carboxylic acids is 1. The molecule has 1 amide bonds. The van der Waals surface area contributed by atoms with Gasteiger partial charge in [0.15, 0.2) is 0 Å². The first-order valence-corrected chi connectivity index (χ1v) is 5.15. The molecule has 15 heavy (non-hydrogen) atoms. The second kappa shape index (κ2) is 5.70. The van der Waals surface area contributed by atoms with E-state index in [1.807, 2.05) is 6.92 Å². The molecule has 0 bridgehead atoms. The molecule has 2 atom stereocenters. The molecule has 0 radical (unpaired) electrons. The van der Waals surface area contributed by atoms with E-state index in [0.29, 0.717) is 12.8 Å². The summed E-state index contributed by atoms with van der Waals surface area (Å²) in [4.78, 5) is 22.5. The molecule has 0 fully saturated rings. The van der Waals surface area contributed by atoms with Crippen molar-refractivity contribution in [3.8, 4) is 0 Å². The quantitative estimate of drug-likeness (QED) is 0.597. The Morgan fingerprint density at radius 2 is 2.00 bits per heavy atom. The van der Waals surface area contributed by atoms with E-state index >= 15 is 0 Å². The normalized spacial score (nSPS) is 16.5. The van der Waals surface area contributed by atoms with Gasteiger partial charge in [0.25, 0.3) is 0 Å². The van der Waals surface area contributed by atoms with Gasteiger partial charge in [-0.1, -0.05) is 13.8 Å². The Morgan fingerprint density at radius 1 is 1.47 bits per heavy atom. The molecule has 0 spiro atoms. The minimum atomic E-state index is -1.01. The summed E-state index contributed by atoms with van der Waals surface area (Å²) in [5.74, 6) is -1.30. The summed E-state index contributed by atoms with van der Waals surface area (Å²) in [6.07, 6.45) is 0.955. The average Bonchev–Trinajstić information content (AvgIpc) is 2.23. The minimum absolute atomic E-state index is 0.214. The third kappa shape index (κ3) is 3.51.